The number of amides is 2. The first kappa shape index (κ1) is 21.2. The molecule has 0 aliphatic carbocycles. The van der Waals surface area contributed by atoms with Crippen molar-refractivity contribution in [1.29, 1.82) is 0 Å². The van der Waals surface area contributed by atoms with Gasteiger partial charge in [0.1, 0.15) is 0 Å². The summed E-state index contributed by atoms with van der Waals surface area (Å²) in [6.07, 6.45) is 0.924. The van der Waals surface area contributed by atoms with Crippen LogP contribution >= 0.6 is 27.3 Å². The largest absolute Gasteiger partial charge is 0.379 e. The number of carbonyl (C=O) groups excluding carboxylic acids is 1. The third-order valence-corrected chi connectivity index (χ3v) is 6.26. The molecule has 2 heterocycles. The Morgan fingerprint density at radius 1 is 1.29 bits per heavy atom. The summed E-state index contributed by atoms with van der Waals surface area (Å²) in [7, 11) is 0. The lowest BCUT2D eigenvalue weighted by molar-refractivity contribution is 0.0375. The SMILES string of the molecule is CC(C)(c1ccc(Br)cc1)c1csc(NC(=O)NCCCN2CCOCC2)n1. The Balaban J connectivity index is 1.46. The highest BCUT2D eigenvalue weighted by Crippen LogP contribution is 2.33. The molecule has 0 bridgehead atoms. The van der Waals surface area contributed by atoms with Crippen molar-refractivity contribution in [2.45, 2.75) is 25.7 Å². The molecule has 1 aliphatic heterocycles. The maximum Gasteiger partial charge on any atom is 0.321 e. The summed E-state index contributed by atoms with van der Waals surface area (Å²) < 4.78 is 6.39. The van der Waals surface area contributed by atoms with Crippen molar-refractivity contribution >= 4 is 38.4 Å². The molecule has 0 saturated carbocycles. The van der Waals surface area contributed by atoms with E-state index in [1.54, 1.807) is 0 Å². The van der Waals surface area contributed by atoms with Gasteiger partial charge in [-0.3, -0.25) is 10.2 Å². The zero-order valence-electron chi connectivity index (χ0n) is 16.3. The summed E-state index contributed by atoms with van der Waals surface area (Å²) in [6, 6.07) is 8.05. The number of nitrogens with zero attached hydrogens (tertiary/aromatic N) is 2. The van der Waals surface area contributed by atoms with Crippen LogP contribution in [-0.4, -0.2) is 55.3 Å². The van der Waals surface area contributed by atoms with Gasteiger partial charge in [0.15, 0.2) is 5.13 Å². The van der Waals surface area contributed by atoms with E-state index in [0.29, 0.717) is 11.7 Å². The van der Waals surface area contributed by atoms with Crippen LogP contribution in [0.3, 0.4) is 0 Å². The molecule has 0 spiro atoms. The molecule has 152 valence electrons. The van der Waals surface area contributed by atoms with Gasteiger partial charge in [-0.1, -0.05) is 41.9 Å². The number of anilines is 1. The molecule has 0 atom stereocenters. The molecule has 0 radical (unpaired) electrons. The Hall–Kier alpha value is -1.48. The van der Waals surface area contributed by atoms with Crippen molar-refractivity contribution in [2.75, 3.05) is 44.7 Å². The van der Waals surface area contributed by atoms with Crippen molar-refractivity contribution in [2.24, 2.45) is 0 Å². The number of hydrogen-bond acceptors (Lipinski definition) is 5. The van der Waals surface area contributed by atoms with E-state index < -0.39 is 0 Å². The van der Waals surface area contributed by atoms with Gasteiger partial charge in [-0.05, 0) is 30.7 Å². The Morgan fingerprint density at radius 3 is 2.71 bits per heavy atom. The van der Waals surface area contributed by atoms with Crippen LogP contribution in [0, 0.1) is 0 Å². The van der Waals surface area contributed by atoms with Crippen LogP contribution in [0.15, 0.2) is 34.1 Å². The topological polar surface area (TPSA) is 66.5 Å². The number of urea groups is 1. The molecule has 3 rings (SSSR count). The van der Waals surface area contributed by atoms with Gasteiger partial charge >= 0.3 is 6.03 Å². The molecular weight excluding hydrogens is 440 g/mol. The van der Waals surface area contributed by atoms with Crippen LogP contribution in [0.1, 0.15) is 31.5 Å². The number of carbonyl (C=O) groups is 1. The smallest absolute Gasteiger partial charge is 0.321 e. The highest BCUT2D eigenvalue weighted by molar-refractivity contribution is 9.10. The second-order valence-corrected chi connectivity index (χ2v) is 9.13. The van der Waals surface area contributed by atoms with E-state index in [0.717, 1.165) is 49.4 Å². The predicted molar refractivity (Wildman–Crippen MR) is 117 cm³/mol. The number of halogens is 1. The monoisotopic (exact) mass is 466 g/mol. The molecule has 1 saturated heterocycles. The lowest BCUT2D eigenvalue weighted by Crippen LogP contribution is -2.38. The zero-order valence-corrected chi connectivity index (χ0v) is 18.7. The number of nitrogens with one attached hydrogen (secondary N) is 2. The molecule has 2 amide bonds. The fourth-order valence-corrected chi connectivity index (χ4v) is 4.24. The summed E-state index contributed by atoms with van der Waals surface area (Å²) in [5, 5.41) is 8.39. The Labute approximate surface area is 178 Å². The van der Waals surface area contributed by atoms with Crippen LogP contribution in [0.2, 0.25) is 0 Å². The molecule has 8 heteroatoms. The van der Waals surface area contributed by atoms with E-state index in [9.17, 15) is 4.79 Å². The van der Waals surface area contributed by atoms with Crippen molar-refractivity contribution in [3.63, 3.8) is 0 Å². The zero-order chi connectivity index (χ0) is 20.0. The average molecular weight is 467 g/mol. The predicted octanol–water partition coefficient (Wildman–Crippen LogP) is 4.08. The number of rotatable bonds is 7. The highest BCUT2D eigenvalue weighted by atomic mass is 79.9. The van der Waals surface area contributed by atoms with Gasteiger partial charge in [-0.25, -0.2) is 9.78 Å². The molecule has 2 aromatic rings. The quantitative estimate of drug-likeness (QED) is 0.603. The lowest BCUT2D eigenvalue weighted by Gasteiger charge is -2.26. The molecular formula is C20H27BrN4O2S. The van der Waals surface area contributed by atoms with Gasteiger partial charge in [0, 0.05) is 34.9 Å². The first-order valence-corrected chi connectivity index (χ1v) is 11.2. The molecule has 1 fully saturated rings. The van der Waals surface area contributed by atoms with Crippen molar-refractivity contribution in [1.82, 2.24) is 15.2 Å². The number of morpholine rings is 1. The summed E-state index contributed by atoms with van der Waals surface area (Å²) in [5.41, 5.74) is 1.90. The van der Waals surface area contributed by atoms with E-state index in [1.807, 2.05) is 17.5 Å². The second-order valence-electron chi connectivity index (χ2n) is 7.36. The van der Waals surface area contributed by atoms with Crippen LogP contribution in [0.4, 0.5) is 9.93 Å². The van der Waals surface area contributed by atoms with Crippen LogP contribution in [0.5, 0.6) is 0 Å². The van der Waals surface area contributed by atoms with Crippen molar-refractivity contribution in [3.05, 3.63) is 45.4 Å². The minimum atomic E-state index is -0.230. The molecule has 28 heavy (non-hydrogen) atoms. The molecule has 2 N–H and O–H groups in total. The number of aromatic nitrogens is 1. The van der Waals surface area contributed by atoms with Gasteiger partial charge < -0.3 is 10.1 Å². The summed E-state index contributed by atoms with van der Waals surface area (Å²) in [4.78, 5) is 19.1. The highest BCUT2D eigenvalue weighted by Gasteiger charge is 2.26. The normalized spacial score (nSPS) is 15.4. The van der Waals surface area contributed by atoms with Gasteiger partial charge in [-0.2, -0.15) is 0 Å². The molecule has 0 unspecified atom stereocenters. The lowest BCUT2D eigenvalue weighted by atomic mass is 9.82. The Morgan fingerprint density at radius 2 is 2.00 bits per heavy atom. The van der Waals surface area contributed by atoms with Crippen LogP contribution in [0.25, 0.3) is 0 Å². The third-order valence-electron chi connectivity index (χ3n) is 4.97. The summed E-state index contributed by atoms with van der Waals surface area (Å²) in [6.45, 7) is 9.46. The average Bonchev–Trinajstić information content (AvgIpc) is 3.16. The van der Waals surface area contributed by atoms with Crippen LogP contribution < -0.4 is 10.6 Å². The Bertz CT molecular complexity index is 773. The fourth-order valence-electron chi connectivity index (χ4n) is 3.10. The number of thiazole rings is 1. The van der Waals surface area contributed by atoms with E-state index in [4.69, 9.17) is 4.74 Å². The third kappa shape index (κ3) is 5.76. The van der Waals surface area contributed by atoms with E-state index in [1.165, 1.54) is 16.9 Å². The first-order valence-electron chi connectivity index (χ1n) is 9.52. The van der Waals surface area contributed by atoms with E-state index in [-0.39, 0.29) is 11.4 Å². The minimum Gasteiger partial charge on any atom is -0.379 e. The molecule has 1 aromatic heterocycles. The minimum absolute atomic E-state index is 0.204. The standard InChI is InChI=1S/C20H27BrN4O2S/c1-20(2,15-4-6-16(21)7-5-15)17-14-28-19(23-17)24-18(26)22-8-3-9-25-10-12-27-13-11-25/h4-7,14H,3,8-13H2,1-2H3,(H2,22,23,24,26). The summed E-state index contributed by atoms with van der Waals surface area (Å²) >= 11 is 4.92. The second kappa shape index (κ2) is 9.82. The first-order chi connectivity index (χ1) is 13.4. The molecule has 6 nitrogen and oxygen atoms in total. The number of benzene rings is 1. The Kier molecular flexibility index (Phi) is 7.45. The molecule has 1 aliphatic rings. The van der Waals surface area contributed by atoms with Crippen molar-refractivity contribution in [3.8, 4) is 0 Å². The maximum atomic E-state index is 12.1. The maximum absolute atomic E-state index is 12.1. The van der Waals surface area contributed by atoms with Gasteiger partial charge in [0.2, 0.25) is 0 Å². The molecule has 1 aromatic carbocycles. The number of hydrogen-bond donors (Lipinski definition) is 2. The van der Waals surface area contributed by atoms with Gasteiger partial charge in [0.25, 0.3) is 0 Å². The van der Waals surface area contributed by atoms with Gasteiger partial charge in [0.05, 0.1) is 18.9 Å². The van der Waals surface area contributed by atoms with Gasteiger partial charge in [-0.15, -0.1) is 11.3 Å². The van der Waals surface area contributed by atoms with E-state index in [2.05, 4.69) is 62.4 Å². The summed E-state index contributed by atoms with van der Waals surface area (Å²) in [5.74, 6) is 0. The fraction of sp³-hybridized carbons (Fsp3) is 0.500. The van der Waals surface area contributed by atoms with E-state index >= 15 is 0 Å². The van der Waals surface area contributed by atoms with Crippen molar-refractivity contribution < 1.29 is 9.53 Å². The number of ether oxygens (including phenoxy) is 1. The van der Waals surface area contributed by atoms with Crippen LogP contribution in [-0.2, 0) is 10.2 Å².